The predicted molar refractivity (Wildman–Crippen MR) is 96.4 cm³/mol. The van der Waals surface area contributed by atoms with Gasteiger partial charge in [0.15, 0.2) is 11.5 Å². The maximum Gasteiger partial charge on any atom is 0.394 e. The lowest BCUT2D eigenvalue weighted by atomic mass is 9.99. The Morgan fingerprint density at radius 1 is 1.38 bits per heavy atom. The molecular weight excluding hydrogens is 434 g/mol. The molecule has 1 saturated heterocycles. The lowest BCUT2D eigenvalue weighted by molar-refractivity contribution is 0.381. The van der Waals surface area contributed by atoms with Gasteiger partial charge in [0.05, 0.1) is 5.52 Å². The van der Waals surface area contributed by atoms with Crippen molar-refractivity contribution in [3.63, 3.8) is 0 Å². The van der Waals surface area contributed by atoms with Crippen molar-refractivity contribution in [2.45, 2.75) is 19.0 Å². The lowest BCUT2D eigenvalue weighted by Gasteiger charge is -2.45. The van der Waals surface area contributed by atoms with E-state index in [1.54, 1.807) is 12.5 Å². The van der Waals surface area contributed by atoms with Crippen LogP contribution in [0.5, 0.6) is 0 Å². The van der Waals surface area contributed by atoms with Crippen LogP contribution in [-0.4, -0.2) is 66.2 Å². The van der Waals surface area contributed by atoms with Crippen LogP contribution in [-0.2, 0) is 10.4 Å². The molecule has 0 spiro atoms. The van der Waals surface area contributed by atoms with E-state index in [2.05, 4.69) is 47.9 Å². The molecular formula is C12H16BrN7O5S. The van der Waals surface area contributed by atoms with Crippen molar-refractivity contribution in [3.05, 3.63) is 23.1 Å². The van der Waals surface area contributed by atoms with Crippen molar-refractivity contribution in [2.24, 2.45) is 5.73 Å². The van der Waals surface area contributed by atoms with Crippen LogP contribution in [0.4, 0.5) is 5.82 Å². The van der Waals surface area contributed by atoms with E-state index in [1.807, 2.05) is 10.5 Å². The molecule has 0 bridgehead atoms. The van der Waals surface area contributed by atoms with Crippen molar-refractivity contribution in [3.8, 4) is 0 Å². The number of anilines is 1. The van der Waals surface area contributed by atoms with E-state index in [4.69, 9.17) is 23.3 Å². The highest BCUT2D eigenvalue weighted by atomic mass is 79.9. The summed E-state index contributed by atoms with van der Waals surface area (Å²) in [6.45, 7) is 2.86. The number of hydrogen-bond acceptors (Lipinski definition) is 8. The fourth-order valence-electron chi connectivity index (χ4n) is 2.51. The highest BCUT2D eigenvalue weighted by molar-refractivity contribution is 9.10. The number of pyridine rings is 1. The molecule has 4 rings (SSSR count). The molecule has 0 aromatic carbocycles. The highest BCUT2D eigenvalue weighted by Crippen LogP contribution is 2.29. The van der Waals surface area contributed by atoms with Gasteiger partial charge in [-0.15, -0.1) is 10.2 Å². The summed E-state index contributed by atoms with van der Waals surface area (Å²) in [7, 11) is -4.67. The van der Waals surface area contributed by atoms with Crippen LogP contribution >= 0.6 is 15.9 Å². The van der Waals surface area contributed by atoms with Gasteiger partial charge in [0.25, 0.3) is 0 Å². The first kappa shape index (κ1) is 20.3. The molecule has 4 heterocycles. The standard InChI is InChI=1S/C12H12BrN7.H2O4S.H2O/c1-6-8(14)4-19(6)11-12-18-16-5-20(12)9-2-7(13)3-15-10(9)17-11;1-5(2,3)4;/h2-3,5-6,8H,4,14H2,1H3;(H2,1,2,3,4);1H2. The van der Waals surface area contributed by atoms with E-state index < -0.39 is 10.4 Å². The van der Waals surface area contributed by atoms with Crippen molar-refractivity contribution in [1.29, 1.82) is 0 Å². The number of nitrogens with two attached hydrogens (primary N) is 1. The zero-order valence-corrected chi connectivity index (χ0v) is 15.8. The van der Waals surface area contributed by atoms with Crippen molar-refractivity contribution in [2.75, 3.05) is 11.4 Å². The minimum atomic E-state index is -4.67. The molecule has 14 heteroatoms. The second-order valence-electron chi connectivity index (χ2n) is 5.46. The molecule has 2 atom stereocenters. The van der Waals surface area contributed by atoms with E-state index in [-0.39, 0.29) is 17.6 Å². The Balaban J connectivity index is 0.000000362. The van der Waals surface area contributed by atoms with Gasteiger partial charge >= 0.3 is 10.4 Å². The molecule has 3 aromatic rings. The summed E-state index contributed by atoms with van der Waals surface area (Å²) in [5.74, 6) is 0.791. The molecule has 0 amide bonds. The van der Waals surface area contributed by atoms with Gasteiger partial charge in [0.1, 0.15) is 6.33 Å². The third-order valence-corrected chi connectivity index (χ3v) is 4.26. The van der Waals surface area contributed by atoms with Crippen LogP contribution in [0.1, 0.15) is 6.92 Å². The second kappa shape index (κ2) is 7.34. The largest absolute Gasteiger partial charge is 0.412 e. The molecule has 0 aliphatic carbocycles. The summed E-state index contributed by atoms with van der Waals surface area (Å²) in [5, 5.41) is 8.18. The zero-order valence-electron chi connectivity index (χ0n) is 13.4. The lowest BCUT2D eigenvalue weighted by Crippen LogP contribution is -2.63. The number of fused-ring (bicyclic) bond motifs is 3. The van der Waals surface area contributed by atoms with E-state index in [1.165, 1.54) is 0 Å². The molecule has 2 unspecified atom stereocenters. The summed E-state index contributed by atoms with van der Waals surface area (Å²) in [6.07, 6.45) is 3.42. The summed E-state index contributed by atoms with van der Waals surface area (Å²) < 4.78 is 34.4. The third kappa shape index (κ3) is 4.05. The van der Waals surface area contributed by atoms with Gasteiger partial charge in [-0.1, -0.05) is 0 Å². The van der Waals surface area contributed by atoms with Gasteiger partial charge in [-0.25, -0.2) is 9.97 Å². The van der Waals surface area contributed by atoms with Crippen molar-refractivity contribution in [1.82, 2.24) is 24.6 Å². The second-order valence-corrected chi connectivity index (χ2v) is 7.27. The smallest absolute Gasteiger partial charge is 0.394 e. The average Bonchev–Trinajstić information content (AvgIpc) is 3.00. The monoisotopic (exact) mass is 449 g/mol. The molecule has 3 aromatic heterocycles. The van der Waals surface area contributed by atoms with Gasteiger partial charge in [-0.2, -0.15) is 8.42 Å². The number of nitrogens with zero attached hydrogens (tertiary/aromatic N) is 6. The molecule has 1 aliphatic heterocycles. The fraction of sp³-hybridized carbons (Fsp3) is 0.333. The van der Waals surface area contributed by atoms with Crippen LogP contribution < -0.4 is 10.6 Å². The first-order valence-corrected chi connectivity index (χ1v) is 9.21. The van der Waals surface area contributed by atoms with Crippen molar-refractivity contribution < 1.29 is 23.0 Å². The van der Waals surface area contributed by atoms with Crippen LogP contribution in [0.15, 0.2) is 23.1 Å². The summed E-state index contributed by atoms with van der Waals surface area (Å²) in [4.78, 5) is 11.1. The molecule has 26 heavy (non-hydrogen) atoms. The Kier molecular flexibility index (Phi) is 5.74. The third-order valence-electron chi connectivity index (χ3n) is 3.82. The Morgan fingerprint density at radius 2 is 2.04 bits per heavy atom. The molecule has 12 nitrogen and oxygen atoms in total. The van der Waals surface area contributed by atoms with Crippen LogP contribution in [0.3, 0.4) is 0 Å². The Bertz CT molecular complexity index is 1040. The van der Waals surface area contributed by atoms with E-state index >= 15 is 0 Å². The Hall–Kier alpha value is -1.97. The van der Waals surface area contributed by atoms with Gasteiger partial charge < -0.3 is 16.1 Å². The summed E-state index contributed by atoms with van der Waals surface area (Å²) in [5.41, 5.74) is 8.25. The fourth-order valence-corrected chi connectivity index (χ4v) is 2.83. The summed E-state index contributed by atoms with van der Waals surface area (Å²) in [6, 6.07) is 2.38. The Morgan fingerprint density at radius 3 is 2.62 bits per heavy atom. The number of halogens is 1. The van der Waals surface area contributed by atoms with Gasteiger partial charge in [-0.3, -0.25) is 13.5 Å². The summed E-state index contributed by atoms with van der Waals surface area (Å²) >= 11 is 3.42. The molecule has 6 N–H and O–H groups in total. The molecule has 0 saturated carbocycles. The maximum absolute atomic E-state index is 8.74. The molecule has 0 radical (unpaired) electrons. The Labute approximate surface area is 156 Å². The minimum Gasteiger partial charge on any atom is -0.412 e. The van der Waals surface area contributed by atoms with Crippen LogP contribution in [0.2, 0.25) is 0 Å². The van der Waals surface area contributed by atoms with E-state index in [0.29, 0.717) is 5.65 Å². The maximum atomic E-state index is 8.74. The first-order chi connectivity index (χ1) is 11.6. The van der Waals surface area contributed by atoms with Gasteiger partial charge in [0.2, 0.25) is 5.65 Å². The topological polar surface area (TPSA) is 191 Å². The molecule has 1 aliphatic rings. The average molecular weight is 450 g/mol. The highest BCUT2D eigenvalue weighted by Gasteiger charge is 2.35. The predicted octanol–water partition coefficient (Wildman–Crippen LogP) is -0.507. The van der Waals surface area contributed by atoms with Crippen molar-refractivity contribution >= 4 is 49.0 Å². The van der Waals surface area contributed by atoms with E-state index in [9.17, 15) is 0 Å². The molecule has 142 valence electrons. The quantitative estimate of drug-likeness (QED) is 0.407. The normalized spacial score (nSPS) is 19.5. The molecule has 1 fully saturated rings. The number of aromatic nitrogens is 5. The number of rotatable bonds is 1. The van der Waals surface area contributed by atoms with E-state index in [0.717, 1.165) is 28.0 Å². The van der Waals surface area contributed by atoms with Crippen LogP contribution in [0, 0.1) is 0 Å². The first-order valence-electron chi connectivity index (χ1n) is 7.02. The zero-order chi connectivity index (χ0) is 18.4. The van der Waals surface area contributed by atoms with Gasteiger partial charge in [0, 0.05) is 29.3 Å². The SMILES string of the molecule is CC1C(N)CN1c1nc2ncc(Br)cc2n2cnnc12.O.O=S(=O)(O)O. The van der Waals surface area contributed by atoms with Crippen LogP contribution in [0.25, 0.3) is 16.8 Å². The number of hydrogen-bond donors (Lipinski definition) is 3. The minimum absolute atomic E-state index is 0. The van der Waals surface area contributed by atoms with Gasteiger partial charge in [-0.05, 0) is 28.9 Å².